The first-order chi connectivity index (χ1) is 8.68. The minimum Gasteiger partial charge on any atom is -0.368 e. The van der Waals surface area contributed by atoms with Gasteiger partial charge in [-0.2, -0.15) is 0 Å². The Hall–Kier alpha value is -1.10. The van der Waals surface area contributed by atoms with Gasteiger partial charge in [-0.05, 0) is 32.2 Å². The van der Waals surface area contributed by atoms with E-state index in [1.165, 1.54) is 0 Å². The van der Waals surface area contributed by atoms with Crippen molar-refractivity contribution < 1.29 is 9.59 Å². The summed E-state index contributed by atoms with van der Waals surface area (Å²) in [6, 6.07) is 0.229. The highest BCUT2D eigenvalue weighted by atomic mass is 16.2. The maximum Gasteiger partial charge on any atom is 0.237 e. The van der Waals surface area contributed by atoms with Gasteiger partial charge in [-0.1, -0.05) is 12.8 Å². The summed E-state index contributed by atoms with van der Waals surface area (Å²) in [5.74, 6) is -0.259. The van der Waals surface area contributed by atoms with Crippen LogP contribution in [0.2, 0.25) is 0 Å². The molecule has 2 fully saturated rings. The van der Waals surface area contributed by atoms with E-state index in [0.717, 1.165) is 51.6 Å². The van der Waals surface area contributed by atoms with Crippen LogP contribution >= 0.6 is 0 Å². The van der Waals surface area contributed by atoms with Crippen LogP contribution in [-0.4, -0.2) is 42.4 Å². The number of nitrogens with one attached hydrogen (secondary N) is 1. The minimum absolute atomic E-state index is 0.0266. The summed E-state index contributed by atoms with van der Waals surface area (Å²) >= 11 is 0. The topological polar surface area (TPSA) is 75.4 Å². The number of hydrogen-bond acceptors (Lipinski definition) is 3. The molecule has 1 saturated heterocycles. The van der Waals surface area contributed by atoms with Gasteiger partial charge in [0.1, 0.15) is 0 Å². The van der Waals surface area contributed by atoms with E-state index in [2.05, 4.69) is 5.32 Å². The molecule has 2 amide bonds. The number of carbonyl (C=O) groups is 2. The molecular weight excluding hydrogens is 230 g/mol. The van der Waals surface area contributed by atoms with Crippen molar-refractivity contribution in [2.75, 3.05) is 19.6 Å². The monoisotopic (exact) mass is 253 g/mol. The molecule has 0 radical (unpaired) electrons. The summed E-state index contributed by atoms with van der Waals surface area (Å²) in [6.07, 6.45) is 6.28. The summed E-state index contributed by atoms with van der Waals surface area (Å²) in [5.41, 5.74) is 5.28. The van der Waals surface area contributed by atoms with Gasteiger partial charge in [0.25, 0.3) is 0 Å². The number of piperidine rings is 1. The molecule has 1 atom stereocenters. The molecule has 1 heterocycles. The summed E-state index contributed by atoms with van der Waals surface area (Å²) in [7, 11) is 0. The Labute approximate surface area is 108 Å². The largest absolute Gasteiger partial charge is 0.368 e. The molecule has 3 N–H and O–H groups in total. The average Bonchev–Trinajstić information content (AvgIpc) is 2.89. The van der Waals surface area contributed by atoms with Crippen LogP contribution in [0.15, 0.2) is 0 Å². The lowest BCUT2D eigenvalue weighted by Gasteiger charge is -2.33. The molecule has 2 rings (SSSR count). The van der Waals surface area contributed by atoms with E-state index in [1.54, 1.807) is 4.90 Å². The fourth-order valence-electron chi connectivity index (χ4n) is 3.07. The third-order valence-electron chi connectivity index (χ3n) is 4.02. The number of amides is 2. The van der Waals surface area contributed by atoms with E-state index in [4.69, 9.17) is 5.73 Å². The Kier molecular flexibility index (Phi) is 4.58. The lowest BCUT2D eigenvalue weighted by molar-refractivity contribution is -0.141. The van der Waals surface area contributed by atoms with Gasteiger partial charge in [0, 0.05) is 12.6 Å². The van der Waals surface area contributed by atoms with Crippen LogP contribution in [0.25, 0.3) is 0 Å². The van der Waals surface area contributed by atoms with Gasteiger partial charge in [0.2, 0.25) is 11.8 Å². The Morgan fingerprint density at radius 3 is 2.44 bits per heavy atom. The van der Waals surface area contributed by atoms with Crippen LogP contribution in [0.5, 0.6) is 0 Å². The Bertz CT molecular complexity index is 307. The predicted octanol–water partition coefficient (Wildman–Crippen LogP) is 0.242. The third-order valence-corrected chi connectivity index (χ3v) is 4.02. The second-order valence-electron chi connectivity index (χ2n) is 5.41. The molecule has 1 aliphatic carbocycles. The Morgan fingerprint density at radius 2 is 1.89 bits per heavy atom. The van der Waals surface area contributed by atoms with Gasteiger partial charge in [-0.25, -0.2) is 0 Å². The molecule has 0 aromatic heterocycles. The average molecular weight is 253 g/mol. The van der Waals surface area contributed by atoms with Crippen LogP contribution in [0.1, 0.15) is 38.5 Å². The van der Waals surface area contributed by atoms with Crippen molar-refractivity contribution in [1.29, 1.82) is 0 Å². The predicted molar refractivity (Wildman–Crippen MR) is 68.8 cm³/mol. The highest BCUT2D eigenvalue weighted by Gasteiger charge is 2.32. The summed E-state index contributed by atoms with van der Waals surface area (Å²) in [4.78, 5) is 25.4. The molecule has 1 aliphatic heterocycles. The molecule has 0 aromatic carbocycles. The normalized spacial score (nSPS) is 25.0. The van der Waals surface area contributed by atoms with Crippen molar-refractivity contribution in [3.05, 3.63) is 0 Å². The van der Waals surface area contributed by atoms with E-state index in [-0.39, 0.29) is 24.4 Å². The zero-order valence-electron chi connectivity index (χ0n) is 10.9. The van der Waals surface area contributed by atoms with Gasteiger partial charge in [-0.15, -0.1) is 0 Å². The number of rotatable bonds is 4. The van der Waals surface area contributed by atoms with E-state index < -0.39 is 5.91 Å². The van der Waals surface area contributed by atoms with Crippen molar-refractivity contribution in [3.8, 4) is 0 Å². The molecule has 0 aromatic rings. The molecule has 0 bridgehead atoms. The highest BCUT2D eigenvalue weighted by molar-refractivity contribution is 5.85. The van der Waals surface area contributed by atoms with Gasteiger partial charge in [-0.3, -0.25) is 9.59 Å². The van der Waals surface area contributed by atoms with Crippen LogP contribution in [-0.2, 0) is 9.59 Å². The molecule has 1 saturated carbocycles. The van der Waals surface area contributed by atoms with Crippen molar-refractivity contribution in [2.45, 2.75) is 44.6 Å². The molecule has 5 heteroatoms. The number of nitrogens with zero attached hydrogens (tertiary/aromatic N) is 1. The third kappa shape index (κ3) is 3.22. The van der Waals surface area contributed by atoms with Crippen molar-refractivity contribution in [1.82, 2.24) is 10.2 Å². The van der Waals surface area contributed by atoms with Crippen molar-refractivity contribution >= 4 is 11.8 Å². The van der Waals surface area contributed by atoms with Crippen LogP contribution in [0.4, 0.5) is 0 Å². The van der Waals surface area contributed by atoms with Crippen molar-refractivity contribution in [3.63, 3.8) is 0 Å². The quantitative estimate of drug-likeness (QED) is 0.753. The SMILES string of the molecule is NC(=O)CN(C(=O)[C@@H]1CCCNC1)C1CCCC1. The van der Waals surface area contributed by atoms with Gasteiger partial charge >= 0.3 is 0 Å². The summed E-state index contributed by atoms with van der Waals surface area (Å²) in [5, 5.41) is 3.25. The zero-order valence-corrected chi connectivity index (χ0v) is 10.9. The summed E-state index contributed by atoms with van der Waals surface area (Å²) < 4.78 is 0. The van der Waals surface area contributed by atoms with E-state index in [9.17, 15) is 9.59 Å². The first-order valence-corrected chi connectivity index (χ1v) is 6.98. The molecule has 102 valence electrons. The van der Waals surface area contributed by atoms with Crippen LogP contribution in [0.3, 0.4) is 0 Å². The number of hydrogen-bond donors (Lipinski definition) is 2. The van der Waals surface area contributed by atoms with Crippen LogP contribution in [0, 0.1) is 5.92 Å². The zero-order chi connectivity index (χ0) is 13.0. The van der Waals surface area contributed by atoms with E-state index in [1.807, 2.05) is 0 Å². The second kappa shape index (κ2) is 6.18. The second-order valence-corrected chi connectivity index (χ2v) is 5.41. The standard InChI is InChI=1S/C13H23N3O2/c14-12(17)9-16(11-5-1-2-6-11)13(18)10-4-3-7-15-8-10/h10-11,15H,1-9H2,(H2,14,17)/t10-/m1/s1. The maximum atomic E-state index is 12.5. The summed E-state index contributed by atoms with van der Waals surface area (Å²) in [6.45, 7) is 1.81. The first kappa shape index (κ1) is 13.3. The highest BCUT2D eigenvalue weighted by Crippen LogP contribution is 2.25. The first-order valence-electron chi connectivity index (χ1n) is 6.98. The van der Waals surface area contributed by atoms with Crippen LogP contribution < -0.4 is 11.1 Å². The fraction of sp³-hybridized carbons (Fsp3) is 0.846. The fourth-order valence-corrected chi connectivity index (χ4v) is 3.07. The molecule has 5 nitrogen and oxygen atoms in total. The molecule has 2 aliphatic rings. The smallest absolute Gasteiger partial charge is 0.237 e. The lowest BCUT2D eigenvalue weighted by Crippen LogP contribution is -2.49. The number of nitrogens with two attached hydrogens (primary N) is 1. The molecule has 0 unspecified atom stereocenters. The molecule has 18 heavy (non-hydrogen) atoms. The molecule has 0 spiro atoms. The van der Waals surface area contributed by atoms with E-state index in [0.29, 0.717) is 0 Å². The Morgan fingerprint density at radius 1 is 1.17 bits per heavy atom. The van der Waals surface area contributed by atoms with Crippen molar-refractivity contribution in [2.24, 2.45) is 11.7 Å². The lowest BCUT2D eigenvalue weighted by atomic mass is 9.97. The number of primary amides is 1. The van der Waals surface area contributed by atoms with E-state index >= 15 is 0 Å². The van der Waals surface area contributed by atoms with Gasteiger partial charge < -0.3 is 16.0 Å². The minimum atomic E-state index is -0.404. The maximum absolute atomic E-state index is 12.5. The van der Waals surface area contributed by atoms with Gasteiger partial charge in [0.15, 0.2) is 0 Å². The Balaban J connectivity index is 2.01. The number of carbonyl (C=O) groups excluding carboxylic acids is 2. The molecular formula is C13H23N3O2. The van der Waals surface area contributed by atoms with Gasteiger partial charge in [0.05, 0.1) is 12.5 Å².